The molecule has 1 amide bonds. The molecule has 2 N–H and O–H groups in total. The molecule has 1 fully saturated rings. The highest BCUT2D eigenvalue weighted by Gasteiger charge is 2.54. The van der Waals surface area contributed by atoms with Crippen molar-refractivity contribution in [3.8, 4) is 0 Å². The zero-order valence-corrected chi connectivity index (χ0v) is 16.4. The topological polar surface area (TPSA) is 41.1 Å². The smallest absolute Gasteiger partial charge is 0.321 e. The standard InChI is InChI=1S/C22H21F5N2O/c1-21(12-7-15(8-12)28-20(30)22(2,26)27)16-9-14(24)10-17(25)18(16)29-19(21)11-3-5-13(23)6-4-11/h3-6,9-10,12,15,19,29H,7-8H2,1-2H3,(H,28,30)/t12-,15-,19?,21?. The van der Waals surface area contributed by atoms with Crippen molar-refractivity contribution in [3.63, 3.8) is 0 Å². The lowest BCUT2D eigenvalue weighted by Crippen LogP contribution is -2.54. The summed E-state index contributed by atoms with van der Waals surface area (Å²) in [5, 5.41) is 5.44. The molecule has 1 aliphatic heterocycles. The molecule has 160 valence electrons. The molecule has 3 nitrogen and oxygen atoms in total. The highest BCUT2D eigenvalue weighted by molar-refractivity contribution is 5.83. The molecule has 8 heteroatoms. The summed E-state index contributed by atoms with van der Waals surface area (Å²) < 4.78 is 68.3. The van der Waals surface area contributed by atoms with Gasteiger partial charge in [-0.1, -0.05) is 19.1 Å². The zero-order valence-electron chi connectivity index (χ0n) is 16.4. The van der Waals surface area contributed by atoms with Crippen LogP contribution in [-0.4, -0.2) is 17.9 Å². The summed E-state index contributed by atoms with van der Waals surface area (Å²) >= 11 is 0. The monoisotopic (exact) mass is 424 g/mol. The highest BCUT2D eigenvalue weighted by Crippen LogP contribution is 2.58. The van der Waals surface area contributed by atoms with Crippen molar-refractivity contribution >= 4 is 11.6 Å². The maximum absolute atomic E-state index is 14.5. The molecule has 0 saturated heterocycles. The predicted octanol–water partition coefficient (Wildman–Crippen LogP) is 5.08. The number of hydrogen-bond donors (Lipinski definition) is 2. The molecule has 2 atom stereocenters. The van der Waals surface area contributed by atoms with Gasteiger partial charge in [-0.3, -0.25) is 4.79 Å². The van der Waals surface area contributed by atoms with E-state index in [1.807, 2.05) is 6.92 Å². The lowest BCUT2D eigenvalue weighted by Gasteiger charge is -2.48. The predicted molar refractivity (Wildman–Crippen MR) is 102 cm³/mol. The molecule has 0 spiro atoms. The summed E-state index contributed by atoms with van der Waals surface area (Å²) in [6.45, 7) is 2.39. The fourth-order valence-corrected chi connectivity index (χ4v) is 4.67. The summed E-state index contributed by atoms with van der Waals surface area (Å²) in [7, 11) is 0. The Hall–Kier alpha value is -2.64. The number of alkyl halides is 2. The minimum absolute atomic E-state index is 0.140. The van der Waals surface area contributed by atoms with Gasteiger partial charge in [0.25, 0.3) is 5.91 Å². The van der Waals surface area contributed by atoms with E-state index in [1.165, 1.54) is 18.2 Å². The molecule has 30 heavy (non-hydrogen) atoms. The Morgan fingerprint density at radius 3 is 2.33 bits per heavy atom. The third kappa shape index (κ3) is 3.32. The van der Waals surface area contributed by atoms with Gasteiger partial charge >= 0.3 is 5.92 Å². The van der Waals surface area contributed by atoms with Gasteiger partial charge < -0.3 is 10.6 Å². The van der Waals surface area contributed by atoms with Crippen molar-refractivity contribution in [2.24, 2.45) is 5.92 Å². The first kappa shape index (κ1) is 20.6. The Balaban J connectivity index is 1.66. The lowest BCUT2D eigenvalue weighted by molar-refractivity contribution is -0.145. The molecule has 0 radical (unpaired) electrons. The van der Waals surface area contributed by atoms with Crippen molar-refractivity contribution in [1.29, 1.82) is 0 Å². The van der Waals surface area contributed by atoms with Crippen LogP contribution in [0.1, 0.15) is 43.9 Å². The number of amides is 1. The largest absolute Gasteiger partial charge is 0.375 e. The minimum Gasteiger partial charge on any atom is -0.375 e. The van der Waals surface area contributed by atoms with Gasteiger partial charge in [-0.05, 0) is 48.1 Å². The molecule has 0 aromatic heterocycles. The fourth-order valence-electron chi connectivity index (χ4n) is 4.67. The Bertz CT molecular complexity index is 982. The van der Waals surface area contributed by atoms with Gasteiger partial charge in [0.05, 0.1) is 11.7 Å². The number of carbonyl (C=O) groups excluding carboxylic acids is 1. The van der Waals surface area contributed by atoms with Crippen molar-refractivity contribution in [3.05, 3.63) is 65.0 Å². The molecule has 2 aromatic carbocycles. The molecule has 4 rings (SSSR count). The van der Waals surface area contributed by atoms with Crippen LogP contribution in [-0.2, 0) is 10.2 Å². The average molecular weight is 424 g/mol. The SMILES string of the molecule is CC(F)(F)C(=O)N[C@H]1C[C@H](C2(C)c3cc(F)cc(F)c3NC2c2ccc(F)cc2)C1. The van der Waals surface area contributed by atoms with E-state index in [0.29, 0.717) is 30.9 Å². The first-order chi connectivity index (χ1) is 14.0. The number of halogens is 5. The molecule has 2 aromatic rings. The number of anilines is 1. The van der Waals surface area contributed by atoms with E-state index in [0.717, 1.165) is 6.07 Å². The van der Waals surface area contributed by atoms with Crippen LogP contribution >= 0.6 is 0 Å². The second-order valence-corrected chi connectivity index (χ2v) is 8.45. The zero-order chi connectivity index (χ0) is 21.8. The van der Waals surface area contributed by atoms with E-state index in [2.05, 4.69) is 10.6 Å². The Kier molecular flexibility index (Phi) is 4.78. The van der Waals surface area contributed by atoms with Crippen molar-refractivity contribution < 1.29 is 26.7 Å². The van der Waals surface area contributed by atoms with Crippen molar-refractivity contribution in [2.75, 3.05) is 5.32 Å². The molecule has 2 aliphatic rings. The van der Waals surface area contributed by atoms with Crippen LogP contribution in [0.3, 0.4) is 0 Å². The third-order valence-corrected chi connectivity index (χ3v) is 6.45. The van der Waals surface area contributed by atoms with Crippen LogP contribution in [0.15, 0.2) is 36.4 Å². The van der Waals surface area contributed by atoms with Gasteiger partial charge in [0.2, 0.25) is 0 Å². The summed E-state index contributed by atoms with van der Waals surface area (Å²) in [4.78, 5) is 11.6. The van der Waals surface area contributed by atoms with Crippen LogP contribution < -0.4 is 10.6 Å². The van der Waals surface area contributed by atoms with E-state index >= 15 is 0 Å². The normalized spacial score (nSPS) is 27.8. The first-order valence-corrected chi connectivity index (χ1v) is 9.70. The number of rotatable bonds is 4. The summed E-state index contributed by atoms with van der Waals surface area (Å²) in [6, 6.07) is 6.92. The molecule has 0 bridgehead atoms. The van der Waals surface area contributed by atoms with Gasteiger partial charge in [-0.15, -0.1) is 0 Å². The van der Waals surface area contributed by atoms with Crippen LogP contribution in [0.4, 0.5) is 27.6 Å². The number of nitrogens with one attached hydrogen (secondary N) is 2. The summed E-state index contributed by atoms with van der Waals surface area (Å²) in [5.41, 5.74) is 0.541. The van der Waals surface area contributed by atoms with Gasteiger partial charge in [-0.2, -0.15) is 8.78 Å². The summed E-state index contributed by atoms with van der Waals surface area (Å²) in [5.74, 6) is -6.81. The number of fused-ring (bicyclic) bond motifs is 1. The molecule has 2 unspecified atom stereocenters. The fraction of sp³-hybridized carbons (Fsp3) is 0.409. The van der Waals surface area contributed by atoms with E-state index < -0.39 is 46.8 Å². The average Bonchev–Trinajstić information content (AvgIpc) is 2.91. The second-order valence-electron chi connectivity index (χ2n) is 8.45. The third-order valence-electron chi connectivity index (χ3n) is 6.45. The number of hydrogen-bond acceptors (Lipinski definition) is 2. The van der Waals surface area contributed by atoms with E-state index in [9.17, 15) is 26.7 Å². The van der Waals surface area contributed by atoms with E-state index in [1.54, 1.807) is 12.1 Å². The van der Waals surface area contributed by atoms with Crippen molar-refractivity contribution in [2.45, 2.75) is 50.1 Å². The van der Waals surface area contributed by atoms with Gasteiger partial charge in [0.15, 0.2) is 0 Å². The molecule has 1 aliphatic carbocycles. The summed E-state index contributed by atoms with van der Waals surface area (Å²) in [6.07, 6.45) is 0.768. The quantitative estimate of drug-likeness (QED) is 0.673. The van der Waals surface area contributed by atoms with Gasteiger partial charge in [0.1, 0.15) is 17.5 Å². The Morgan fingerprint density at radius 1 is 1.10 bits per heavy atom. The van der Waals surface area contributed by atoms with Crippen LogP contribution in [0.5, 0.6) is 0 Å². The second kappa shape index (κ2) is 6.96. The lowest BCUT2D eigenvalue weighted by atomic mass is 9.58. The maximum atomic E-state index is 14.5. The number of carbonyl (C=O) groups is 1. The minimum atomic E-state index is -3.47. The van der Waals surface area contributed by atoms with Crippen LogP contribution in [0.2, 0.25) is 0 Å². The van der Waals surface area contributed by atoms with Crippen LogP contribution in [0.25, 0.3) is 0 Å². The van der Waals surface area contributed by atoms with Crippen molar-refractivity contribution in [1.82, 2.24) is 5.32 Å². The first-order valence-electron chi connectivity index (χ1n) is 9.70. The van der Waals surface area contributed by atoms with E-state index in [4.69, 9.17) is 0 Å². The Labute approximate surface area is 170 Å². The van der Waals surface area contributed by atoms with E-state index in [-0.39, 0.29) is 11.6 Å². The molecular weight excluding hydrogens is 403 g/mol. The Morgan fingerprint density at radius 2 is 1.73 bits per heavy atom. The molecule has 1 saturated carbocycles. The van der Waals surface area contributed by atoms with Gasteiger partial charge in [-0.25, -0.2) is 13.2 Å². The maximum Gasteiger partial charge on any atom is 0.321 e. The highest BCUT2D eigenvalue weighted by atomic mass is 19.3. The number of benzene rings is 2. The van der Waals surface area contributed by atoms with Crippen LogP contribution in [0, 0.1) is 23.4 Å². The molecule has 1 heterocycles. The van der Waals surface area contributed by atoms with Gasteiger partial charge in [0, 0.05) is 24.4 Å². The molecular formula is C22H21F5N2O.